The van der Waals surface area contributed by atoms with Crippen LogP contribution >= 0.6 is 0 Å². The Balaban J connectivity index is 2.18. The fraction of sp³-hybridized carbons (Fsp3) is 0.227. The maximum Gasteiger partial charge on any atom is 0.385 e. The number of rotatable bonds is 0. The highest BCUT2D eigenvalue weighted by atomic mass is 16.4. The number of furan rings is 2. The minimum atomic E-state index is -0.0488. The number of para-hydroxylation sites is 2. The summed E-state index contributed by atoms with van der Waals surface area (Å²) in [5.41, 5.74) is 4.76. The van der Waals surface area contributed by atoms with Gasteiger partial charge in [0.05, 0.1) is 5.39 Å². The Hall–Kier alpha value is -2.81. The molecule has 0 amide bonds. The molecule has 0 aliphatic carbocycles. The third kappa shape index (κ3) is 1.84. The van der Waals surface area contributed by atoms with Crippen LogP contribution in [0.25, 0.3) is 44.0 Å². The Labute approximate surface area is 145 Å². The molecule has 0 saturated heterocycles. The van der Waals surface area contributed by atoms with Crippen LogP contribution in [0.15, 0.2) is 57.4 Å². The van der Waals surface area contributed by atoms with Crippen molar-refractivity contribution in [1.82, 2.24) is 0 Å². The molecule has 124 valence electrons. The Morgan fingerprint density at radius 3 is 1.96 bits per heavy atom. The first-order valence-corrected chi connectivity index (χ1v) is 8.62. The van der Waals surface area contributed by atoms with Crippen molar-refractivity contribution in [3.8, 4) is 0 Å². The van der Waals surface area contributed by atoms with E-state index in [1.807, 2.05) is 30.3 Å². The van der Waals surface area contributed by atoms with Gasteiger partial charge in [0.1, 0.15) is 23.6 Å². The predicted octanol–water partition coefficient (Wildman–Crippen LogP) is 5.61. The minimum absolute atomic E-state index is 0.0488. The van der Waals surface area contributed by atoms with E-state index in [0.717, 1.165) is 38.6 Å². The molecule has 2 aromatic carbocycles. The number of aryl methyl sites for hydroxylation is 1. The van der Waals surface area contributed by atoms with E-state index in [-0.39, 0.29) is 5.41 Å². The summed E-state index contributed by atoms with van der Waals surface area (Å²) in [7, 11) is 2.09. The topological polar surface area (TPSA) is 30.2 Å². The predicted molar refractivity (Wildman–Crippen MR) is 101 cm³/mol. The van der Waals surface area contributed by atoms with E-state index >= 15 is 0 Å². The molecule has 5 aromatic rings. The lowest BCUT2D eigenvalue weighted by molar-refractivity contribution is -0.661. The lowest BCUT2D eigenvalue weighted by Crippen LogP contribution is -2.40. The average Bonchev–Trinajstić information content (AvgIpc) is 3.13. The van der Waals surface area contributed by atoms with Gasteiger partial charge < -0.3 is 8.83 Å². The van der Waals surface area contributed by atoms with Crippen molar-refractivity contribution in [3.63, 3.8) is 0 Å². The van der Waals surface area contributed by atoms with Crippen molar-refractivity contribution in [3.05, 3.63) is 54.2 Å². The van der Waals surface area contributed by atoms with Gasteiger partial charge in [-0.3, -0.25) is 0 Å². The van der Waals surface area contributed by atoms with E-state index in [0.29, 0.717) is 0 Å². The zero-order chi connectivity index (χ0) is 17.3. The van der Waals surface area contributed by atoms with Crippen LogP contribution in [0.4, 0.5) is 0 Å². The van der Waals surface area contributed by atoms with Gasteiger partial charge in [-0.05, 0) is 12.1 Å². The van der Waals surface area contributed by atoms with Crippen LogP contribution in [-0.2, 0) is 12.5 Å². The van der Waals surface area contributed by atoms with E-state index in [1.165, 1.54) is 11.1 Å². The van der Waals surface area contributed by atoms with Gasteiger partial charge in [0.2, 0.25) is 5.69 Å². The molecule has 0 atom stereocenters. The molecule has 0 bridgehead atoms. The summed E-state index contributed by atoms with van der Waals surface area (Å²) in [5, 5.41) is 4.49. The van der Waals surface area contributed by atoms with Gasteiger partial charge in [-0.2, -0.15) is 4.57 Å². The highest BCUT2D eigenvalue weighted by Crippen LogP contribution is 2.41. The quantitative estimate of drug-likeness (QED) is 0.346. The monoisotopic (exact) mass is 330 g/mol. The van der Waals surface area contributed by atoms with Crippen LogP contribution in [0.5, 0.6) is 0 Å². The van der Waals surface area contributed by atoms with E-state index in [2.05, 4.69) is 50.6 Å². The molecule has 0 saturated carbocycles. The molecule has 0 N–H and O–H groups in total. The average molecular weight is 330 g/mol. The SMILES string of the molecule is C[n+]1c(C(C)(C)C)c2c3ccccc3oc2c2c3ccccc3oc21. The van der Waals surface area contributed by atoms with Crippen molar-refractivity contribution in [2.24, 2.45) is 7.05 Å². The molecule has 0 spiro atoms. The Morgan fingerprint density at radius 2 is 1.32 bits per heavy atom. The van der Waals surface area contributed by atoms with Crippen molar-refractivity contribution in [2.75, 3.05) is 0 Å². The molecule has 0 aliphatic rings. The maximum atomic E-state index is 6.35. The lowest BCUT2D eigenvalue weighted by Gasteiger charge is -2.16. The smallest absolute Gasteiger partial charge is 0.385 e. The van der Waals surface area contributed by atoms with Crippen molar-refractivity contribution < 1.29 is 13.4 Å². The number of fused-ring (bicyclic) bond motifs is 7. The summed E-state index contributed by atoms with van der Waals surface area (Å²) in [5.74, 6) is 0. The molecule has 0 fully saturated rings. The summed E-state index contributed by atoms with van der Waals surface area (Å²) in [6.07, 6.45) is 0. The summed E-state index contributed by atoms with van der Waals surface area (Å²) in [6.45, 7) is 6.70. The molecule has 0 radical (unpaired) electrons. The summed E-state index contributed by atoms with van der Waals surface area (Å²) in [4.78, 5) is 0. The molecule has 5 rings (SSSR count). The first-order chi connectivity index (χ1) is 12.0. The molecule has 3 aromatic heterocycles. The third-order valence-electron chi connectivity index (χ3n) is 4.99. The van der Waals surface area contributed by atoms with E-state index in [1.54, 1.807) is 0 Å². The first kappa shape index (κ1) is 14.5. The highest BCUT2D eigenvalue weighted by Gasteiger charge is 2.35. The minimum Gasteiger partial charge on any atom is -0.455 e. The number of nitrogens with zero attached hydrogens (tertiary/aromatic N) is 1. The number of benzene rings is 2. The normalized spacial score (nSPS) is 12.8. The van der Waals surface area contributed by atoms with Crippen LogP contribution in [0.1, 0.15) is 26.5 Å². The zero-order valence-electron chi connectivity index (χ0n) is 14.9. The van der Waals surface area contributed by atoms with E-state index < -0.39 is 0 Å². The Morgan fingerprint density at radius 1 is 0.760 bits per heavy atom. The fourth-order valence-corrected chi connectivity index (χ4v) is 4.09. The second-order valence-electron chi connectivity index (χ2n) is 7.74. The van der Waals surface area contributed by atoms with Crippen LogP contribution < -0.4 is 4.57 Å². The summed E-state index contributed by atoms with van der Waals surface area (Å²) < 4.78 is 14.8. The fourth-order valence-electron chi connectivity index (χ4n) is 4.09. The molecule has 0 aliphatic heterocycles. The second kappa shape index (κ2) is 4.63. The molecule has 3 nitrogen and oxygen atoms in total. The number of hydrogen-bond acceptors (Lipinski definition) is 2. The van der Waals surface area contributed by atoms with Gasteiger partial charge in [-0.1, -0.05) is 57.2 Å². The molecule has 0 unspecified atom stereocenters. The molecular formula is C22H20NO2+. The zero-order valence-corrected chi connectivity index (χ0v) is 14.9. The standard InChI is InChI=1S/C22H20NO2/c1-22(2,3)20-17-13-9-5-7-11-15(13)24-19(17)18-14-10-6-8-12-16(14)25-21(18)23(20)4/h5-12H,1-4H3/q+1. The number of pyridine rings is 1. The number of aromatic nitrogens is 1. The van der Waals surface area contributed by atoms with Gasteiger partial charge in [-0.25, -0.2) is 0 Å². The van der Waals surface area contributed by atoms with Gasteiger partial charge in [-0.15, -0.1) is 0 Å². The first-order valence-electron chi connectivity index (χ1n) is 8.62. The highest BCUT2D eigenvalue weighted by molar-refractivity contribution is 6.20. The summed E-state index contributed by atoms with van der Waals surface area (Å²) >= 11 is 0. The van der Waals surface area contributed by atoms with Gasteiger partial charge in [0.25, 0.3) is 0 Å². The van der Waals surface area contributed by atoms with Crippen LogP contribution in [-0.4, -0.2) is 0 Å². The molecule has 3 heterocycles. The molecule has 3 heteroatoms. The summed E-state index contributed by atoms with van der Waals surface area (Å²) in [6, 6.07) is 16.4. The van der Waals surface area contributed by atoms with Crippen molar-refractivity contribution in [2.45, 2.75) is 26.2 Å². The van der Waals surface area contributed by atoms with Crippen LogP contribution in [0, 0.1) is 0 Å². The number of hydrogen-bond donors (Lipinski definition) is 0. The van der Waals surface area contributed by atoms with Crippen LogP contribution in [0.2, 0.25) is 0 Å². The Kier molecular flexibility index (Phi) is 2.69. The lowest BCUT2D eigenvalue weighted by atomic mass is 9.87. The van der Waals surface area contributed by atoms with Gasteiger partial charge >= 0.3 is 5.71 Å². The van der Waals surface area contributed by atoms with E-state index in [9.17, 15) is 0 Å². The third-order valence-corrected chi connectivity index (χ3v) is 4.99. The molecule has 25 heavy (non-hydrogen) atoms. The van der Waals surface area contributed by atoms with Crippen LogP contribution in [0.3, 0.4) is 0 Å². The molecular weight excluding hydrogens is 310 g/mol. The largest absolute Gasteiger partial charge is 0.455 e. The Bertz CT molecular complexity index is 1280. The van der Waals surface area contributed by atoms with Gasteiger partial charge in [0, 0.05) is 16.2 Å². The van der Waals surface area contributed by atoms with E-state index in [4.69, 9.17) is 8.83 Å². The van der Waals surface area contributed by atoms with Gasteiger partial charge in [0.15, 0.2) is 5.58 Å². The van der Waals surface area contributed by atoms with Crippen molar-refractivity contribution >= 4 is 44.0 Å². The maximum absolute atomic E-state index is 6.35. The van der Waals surface area contributed by atoms with Crippen molar-refractivity contribution in [1.29, 1.82) is 0 Å². The second-order valence-corrected chi connectivity index (χ2v) is 7.74.